The lowest BCUT2D eigenvalue weighted by molar-refractivity contribution is 0.305. The lowest BCUT2D eigenvalue weighted by atomic mass is 10.2. The van der Waals surface area contributed by atoms with Crippen LogP contribution in [0.25, 0.3) is 0 Å². The van der Waals surface area contributed by atoms with E-state index in [-0.39, 0.29) is 6.61 Å². The molecule has 0 spiro atoms. The molecule has 0 aliphatic carbocycles. The van der Waals surface area contributed by atoms with Crippen molar-refractivity contribution in [3.63, 3.8) is 0 Å². The molecule has 21 heavy (non-hydrogen) atoms. The molecule has 2 nitrogen and oxygen atoms in total. The van der Waals surface area contributed by atoms with Gasteiger partial charge in [-0.25, -0.2) is 0 Å². The Hall–Kier alpha value is -1.66. The van der Waals surface area contributed by atoms with Crippen molar-refractivity contribution < 1.29 is 9.84 Å². The largest absolute Gasteiger partial charge is 0.489 e. The number of benzene rings is 2. The van der Waals surface area contributed by atoms with Crippen molar-refractivity contribution in [1.82, 2.24) is 0 Å². The molecule has 0 radical (unpaired) electrons. The van der Waals surface area contributed by atoms with Gasteiger partial charge in [-0.05, 0) is 42.0 Å². The number of aliphatic hydroxyl groups excluding tert-OH is 1. The van der Waals surface area contributed by atoms with E-state index < -0.39 is 0 Å². The molecule has 0 aromatic heterocycles. The number of halogens is 2. The van der Waals surface area contributed by atoms with Crippen molar-refractivity contribution in [2.75, 3.05) is 6.61 Å². The summed E-state index contributed by atoms with van der Waals surface area (Å²) in [6.07, 6.45) is 0.482. The van der Waals surface area contributed by atoms with Gasteiger partial charge < -0.3 is 9.84 Å². The van der Waals surface area contributed by atoms with Gasteiger partial charge in [0, 0.05) is 12.0 Å². The lowest BCUT2D eigenvalue weighted by Gasteiger charge is -2.07. The Kier molecular flexibility index (Phi) is 5.95. The van der Waals surface area contributed by atoms with Gasteiger partial charge in [-0.15, -0.1) is 0 Å². The maximum Gasteiger partial charge on any atom is 0.119 e. The van der Waals surface area contributed by atoms with Crippen LogP contribution in [0.3, 0.4) is 0 Å². The number of aliphatic hydroxyl groups is 1. The van der Waals surface area contributed by atoms with Crippen LogP contribution in [0.2, 0.25) is 10.0 Å². The molecular weight excluding hydrogens is 307 g/mol. The Bertz CT molecular complexity index is 655. The molecule has 1 N–H and O–H groups in total. The van der Waals surface area contributed by atoms with Crippen LogP contribution in [-0.4, -0.2) is 11.7 Å². The van der Waals surface area contributed by atoms with Gasteiger partial charge in [-0.3, -0.25) is 0 Å². The second kappa shape index (κ2) is 7.95. The van der Waals surface area contributed by atoms with Crippen LogP contribution in [0.15, 0.2) is 42.5 Å². The van der Waals surface area contributed by atoms with Gasteiger partial charge in [0.15, 0.2) is 0 Å². The molecule has 0 amide bonds. The zero-order chi connectivity index (χ0) is 15.1. The summed E-state index contributed by atoms with van der Waals surface area (Å²) in [6.45, 7) is 0.504. The molecular formula is C17H14Cl2O2. The molecule has 0 aliphatic rings. The van der Waals surface area contributed by atoms with Crippen LogP contribution in [0, 0.1) is 11.8 Å². The molecule has 4 heteroatoms. The minimum absolute atomic E-state index is 0.0812. The van der Waals surface area contributed by atoms with Crippen molar-refractivity contribution in [2.45, 2.75) is 13.0 Å². The molecule has 0 saturated carbocycles. The fourth-order valence-corrected chi connectivity index (χ4v) is 1.97. The second-order valence-electron chi connectivity index (χ2n) is 4.34. The zero-order valence-corrected chi connectivity index (χ0v) is 12.8. The van der Waals surface area contributed by atoms with Gasteiger partial charge in [0.25, 0.3) is 0 Å². The standard InChI is InChI=1S/C17H14Cl2O2/c18-16-9-6-14(11-17(16)19)12-21-15-7-4-13(5-8-15)3-1-2-10-20/h4-9,11,20H,2,10,12H2. The van der Waals surface area contributed by atoms with Crippen molar-refractivity contribution in [3.8, 4) is 17.6 Å². The molecule has 0 bridgehead atoms. The number of hydrogen-bond acceptors (Lipinski definition) is 2. The maximum atomic E-state index is 8.66. The van der Waals surface area contributed by atoms with Crippen LogP contribution in [0.5, 0.6) is 5.75 Å². The summed E-state index contributed by atoms with van der Waals surface area (Å²) in [7, 11) is 0. The molecule has 0 unspecified atom stereocenters. The maximum absolute atomic E-state index is 8.66. The van der Waals surface area contributed by atoms with E-state index in [9.17, 15) is 0 Å². The molecule has 0 fully saturated rings. The van der Waals surface area contributed by atoms with Gasteiger partial charge in [-0.1, -0.05) is 41.1 Å². The average molecular weight is 321 g/mol. The van der Waals surface area contributed by atoms with E-state index in [2.05, 4.69) is 11.8 Å². The Morgan fingerprint density at radius 3 is 2.43 bits per heavy atom. The Labute approximate surface area is 134 Å². The molecule has 108 valence electrons. The quantitative estimate of drug-likeness (QED) is 0.851. The third kappa shape index (κ3) is 4.99. The third-order valence-corrected chi connectivity index (χ3v) is 3.45. The van der Waals surface area contributed by atoms with E-state index in [4.69, 9.17) is 33.0 Å². The number of ether oxygens (including phenoxy) is 1. The van der Waals surface area contributed by atoms with Crippen molar-refractivity contribution in [1.29, 1.82) is 0 Å². The zero-order valence-electron chi connectivity index (χ0n) is 11.3. The van der Waals surface area contributed by atoms with Crippen LogP contribution < -0.4 is 4.74 Å². The van der Waals surface area contributed by atoms with E-state index in [0.29, 0.717) is 23.1 Å². The Morgan fingerprint density at radius 1 is 1.00 bits per heavy atom. The molecule has 0 saturated heterocycles. The van der Waals surface area contributed by atoms with E-state index in [1.54, 1.807) is 12.1 Å². The summed E-state index contributed by atoms with van der Waals surface area (Å²) in [5.74, 6) is 6.59. The fourth-order valence-electron chi connectivity index (χ4n) is 1.65. The monoisotopic (exact) mass is 320 g/mol. The van der Waals surface area contributed by atoms with Crippen LogP contribution in [-0.2, 0) is 6.61 Å². The minimum atomic E-state index is 0.0812. The van der Waals surface area contributed by atoms with Gasteiger partial charge in [0.1, 0.15) is 12.4 Å². The highest BCUT2D eigenvalue weighted by Crippen LogP contribution is 2.23. The lowest BCUT2D eigenvalue weighted by Crippen LogP contribution is -1.95. The highest BCUT2D eigenvalue weighted by Gasteiger charge is 2.01. The predicted molar refractivity (Wildman–Crippen MR) is 85.8 cm³/mol. The minimum Gasteiger partial charge on any atom is -0.489 e. The molecule has 2 aromatic carbocycles. The first-order valence-corrected chi connectivity index (χ1v) is 7.21. The van der Waals surface area contributed by atoms with Crippen LogP contribution in [0.1, 0.15) is 17.5 Å². The topological polar surface area (TPSA) is 29.5 Å². The smallest absolute Gasteiger partial charge is 0.119 e. The summed E-state index contributed by atoms with van der Waals surface area (Å²) < 4.78 is 5.68. The first-order valence-electron chi connectivity index (χ1n) is 6.45. The Morgan fingerprint density at radius 2 is 1.76 bits per heavy atom. The highest BCUT2D eigenvalue weighted by molar-refractivity contribution is 6.42. The molecule has 0 aliphatic heterocycles. The summed E-state index contributed by atoms with van der Waals surface area (Å²) >= 11 is 11.8. The second-order valence-corrected chi connectivity index (χ2v) is 5.15. The first-order chi connectivity index (χ1) is 10.2. The molecule has 0 heterocycles. The van der Waals surface area contributed by atoms with E-state index in [1.807, 2.05) is 30.3 Å². The molecule has 2 aromatic rings. The Balaban J connectivity index is 1.94. The third-order valence-electron chi connectivity index (χ3n) is 2.71. The van der Waals surface area contributed by atoms with E-state index in [0.717, 1.165) is 16.9 Å². The van der Waals surface area contributed by atoms with E-state index >= 15 is 0 Å². The van der Waals surface area contributed by atoms with E-state index in [1.165, 1.54) is 0 Å². The van der Waals surface area contributed by atoms with Gasteiger partial charge in [0.2, 0.25) is 0 Å². The molecule has 0 atom stereocenters. The average Bonchev–Trinajstić information content (AvgIpc) is 2.50. The van der Waals surface area contributed by atoms with Crippen LogP contribution >= 0.6 is 23.2 Å². The first kappa shape index (κ1) is 15.7. The summed E-state index contributed by atoms with van der Waals surface area (Å²) in [5.41, 5.74) is 1.85. The highest BCUT2D eigenvalue weighted by atomic mass is 35.5. The summed E-state index contributed by atoms with van der Waals surface area (Å²) in [6, 6.07) is 12.9. The fraction of sp³-hybridized carbons (Fsp3) is 0.176. The normalized spacial score (nSPS) is 9.86. The van der Waals surface area contributed by atoms with Crippen LogP contribution in [0.4, 0.5) is 0 Å². The number of hydrogen-bond donors (Lipinski definition) is 1. The molecule has 2 rings (SSSR count). The SMILES string of the molecule is OCCC#Cc1ccc(OCc2ccc(Cl)c(Cl)c2)cc1. The summed E-state index contributed by atoms with van der Waals surface area (Å²) in [5, 5.41) is 9.72. The van der Waals surface area contributed by atoms with Gasteiger partial charge in [0.05, 0.1) is 16.7 Å². The van der Waals surface area contributed by atoms with Crippen molar-refractivity contribution in [3.05, 3.63) is 63.6 Å². The van der Waals surface area contributed by atoms with Crippen molar-refractivity contribution >= 4 is 23.2 Å². The van der Waals surface area contributed by atoms with Crippen molar-refractivity contribution in [2.24, 2.45) is 0 Å². The van der Waals surface area contributed by atoms with Gasteiger partial charge >= 0.3 is 0 Å². The summed E-state index contributed by atoms with van der Waals surface area (Å²) in [4.78, 5) is 0. The van der Waals surface area contributed by atoms with Gasteiger partial charge in [-0.2, -0.15) is 0 Å². The number of rotatable bonds is 4. The predicted octanol–water partition coefficient (Wildman–Crippen LogP) is 4.31.